The standard InChI is InChI=1S/C15H23F3N2O/c1-14(11-19,9-4-10-15(16,17)18)20(2)12-5-7-13(21-3)8-6-12/h5-8H,4,9-11,19H2,1-3H3. The van der Waals surface area contributed by atoms with E-state index in [9.17, 15) is 13.2 Å². The summed E-state index contributed by atoms with van der Waals surface area (Å²) in [5.74, 6) is 0.735. The van der Waals surface area contributed by atoms with Crippen LogP contribution in [0.5, 0.6) is 5.75 Å². The minimum Gasteiger partial charge on any atom is -0.497 e. The number of rotatable bonds is 7. The zero-order valence-corrected chi connectivity index (χ0v) is 12.7. The molecule has 0 heterocycles. The molecule has 6 heteroatoms. The Morgan fingerprint density at radius 1 is 1.14 bits per heavy atom. The van der Waals surface area contributed by atoms with Crippen molar-refractivity contribution in [2.75, 3.05) is 25.6 Å². The van der Waals surface area contributed by atoms with E-state index in [1.54, 1.807) is 7.11 Å². The van der Waals surface area contributed by atoms with Crippen molar-refractivity contribution in [1.29, 1.82) is 0 Å². The summed E-state index contributed by atoms with van der Waals surface area (Å²) in [6, 6.07) is 7.38. The fourth-order valence-electron chi connectivity index (χ4n) is 2.19. The SMILES string of the molecule is COc1ccc(N(C)C(C)(CN)CCCC(F)(F)F)cc1. The second kappa shape index (κ2) is 7.02. The normalized spacial score (nSPS) is 14.6. The molecule has 21 heavy (non-hydrogen) atoms. The molecule has 3 nitrogen and oxygen atoms in total. The van der Waals surface area contributed by atoms with Crippen LogP contribution in [0.2, 0.25) is 0 Å². The van der Waals surface area contributed by atoms with Crippen LogP contribution in [0.4, 0.5) is 18.9 Å². The van der Waals surface area contributed by atoms with Crippen LogP contribution in [0.1, 0.15) is 26.2 Å². The van der Waals surface area contributed by atoms with E-state index in [1.165, 1.54) is 0 Å². The van der Waals surface area contributed by atoms with Gasteiger partial charge >= 0.3 is 6.18 Å². The van der Waals surface area contributed by atoms with E-state index in [0.717, 1.165) is 11.4 Å². The Labute approximate surface area is 123 Å². The van der Waals surface area contributed by atoms with E-state index in [0.29, 0.717) is 6.42 Å². The summed E-state index contributed by atoms with van der Waals surface area (Å²) in [6.45, 7) is 2.17. The number of halogens is 3. The Kier molecular flexibility index (Phi) is 5.89. The molecule has 1 rings (SSSR count). The highest BCUT2D eigenvalue weighted by molar-refractivity contribution is 5.50. The molecule has 0 spiro atoms. The van der Waals surface area contributed by atoms with Gasteiger partial charge in [0.1, 0.15) is 5.75 Å². The number of hydrogen-bond donors (Lipinski definition) is 1. The highest BCUT2D eigenvalue weighted by Crippen LogP contribution is 2.30. The van der Waals surface area contributed by atoms with Gasteiger partial charge in [-0.1, -0.05) is 0 Å². The Morgan fingerprint density at radius 3 is 2.14 bits per heavy atom. The molecule has 0 radical (unpaired) electrons. The van der Waals surface area contributed by atoms with Crippen molar-refractivity contribution in [2.24, 2.45) is 5.73 Å². The molecular formula is C15H23F3N2O. The predicted octanol–water partition coefficient (Wildman–Crippen LogP) is 3.58. The molecule has 1 unspecified atom stereocenters. The first-order valence-electron chi connectivity index (χ1n) is 6.86. The van der Waals surface area contributed by atoms with E-state index in [4.69, 9.17) is 10.5 Å². The fraction of sp³-hybridized carbons (Fsp3) is 0.600. The molecule has 0 aliphatic carbocycles. The molecule has 0 saturated heterocycles. The summed E-state index contributed by atoms with van der Waals surface area (Å²) < 4.78 is 41.9. The van der Waals surface area contributed by atoms with Crippen molar-refractivity contribution in [2.45, 2.75) is 37.9 Å². The number of anilines is 1. The lowest BCUT2D eigenvalue weighted by molar-refractivity contribution is -0.136. The minimum absolute atomic E-state index is 0.0672. The summed E-state index contributed by atoms with van der Waals surface area (Å²) >= 11 is 0. The number of likely N-dealkylation sites (N-methyl/N-ethyl adjacent to an activating group) is 1. The van der Waals surface area contributed by atoms with E-state index >= 15 is 0 Å². The van der Waals surface area contributed by atoms with Gasteiger partial charge in [0.05, 0.1) is 7.11 Å². The maximum Gasteiger partial charge on any atom is 0.389 e. The lowest BCUT2D eigenvalue weighted by Crippen LogP contribution is -2.50. The van der Waals surface area contributed by atoms with Gasteiger partial charge in [0.2, 0.25) is 0 Å². The zero-order valence-electron chi connectivity index (χ0n) is 12.7. The van der Waals surface area contributed by atoms with Gasteiger partial charge in [-0.3, -0.25) is 0 Å². The number of nitrogens with two attached hydrogens (primary N) is 1. The van der Waals surface area contributed by atoms with Crippen LogP contribution >= 0.6 is 0 Å². The summed E-state index contributed by atoms with van der Waals surface area (Å²) in [4.78, 5) is 1.93. The Morgan fingerprint density at radius 2 is 1.71 bits per heavy atom. The van der Waals surface area contributed by atoms with E-state index in [1.807, 2.05) is 43.1 Å². The molecule has 0 saturated carbocycles. The molecule has 120 valence electrons. The monoisotopic (exact) mass is 304 g/mol. The molecule has 0 aliphatic rings. The Bertz CT molecular complexity index is 434. The van der Waals surface area contributed by atoms with Crippen LogP contribution in [0, 0.1) is 0 Å². The van der Waals surface area contributed by atoms with Gasteiger partial charge in [0, 0.05) is 31.2 Å². The first-order valence-corrected chi connectivity index (χ1v) is 6.86. The smallest absolute Gasteiger partial charge is 0.389 e. The van der Waals surface area contributed by atoms with Crippen molar-refractivity contribution >= 4 is 5.69 Å². The van der Waals surface area contributed by atoms with Gasteiger partial charge in [0.15, 0.2) is 0 Å². The molecular weight excluding hydrogens is 281 g/mol. The van der Waals surface area contributed by atoms with E-state index < -0.39 is 18.1 Å². The van der Waals surface area contributed by atoms with Crippen LogP contribution in [0.25, 0.3) is 0 Å². The van der Waals surface area contributed by atoms with Gasteiger partial charge in [-0.15, -0.1) is 0 Å². The molecule has 0 fully saturated rings. The largest absolute Gasteiger partial charge is 0.497 e. The lowest BCUT2D eigenvalue weighted by Gasteiger charge is -2.40. The Balaban J connectivity index is 2.75. The van der Waals surface area contributed by atoms with Crippen molar-refractivity contribution in [1.82, 2.24) is 0 Å². The molecule has 1 aromatic rings. The Hall–Kier alpha value is -1.43. The van der Waals surface area contributed by atoms with Crippen molar-refractivity contribution in [3.05, 3.63) is 24.3 Å². The van der Waals surface area contributed by atoms with Gasteiger partial charge in [-0.2, -0.15) is 13.2 Å². The van der Waals surface area contributed by atoms with E-state index in [2.05, 4.69) is 0 Å². The summed E-state index contributed by atoms with van der Waals surface area (Å²) in [7, 11) is 3.43. The number of benzene rings is 1. The molecule has 1 aromatic carbocycles. The number of hydrogen-bond acceptors (Lipinski definition) is 3. The van der Waals surface area contributed by atoms with E-state index in [-0.39, 0.29) is 13.0 Å². The van der Waals surface area contributed by atoms with Crippen molar-refractivity contribution < 1.29 is 17.9 Å². The van der Waals surface area contributed by atoms with Gasteiger partial charge < -0.3 is 15.4 Å². The molecule has 0 aromatic heterocycles. The van der Waals surface area contributed by atoms with Crippen LogP contribution in [-0.2, 0) is 0 Å². The van der Waals surface area contributed by atoms with Crippen molar-refractivity contribution in [3.8, 4) is 5.75 Å². The maximum absolute atomic E-state index is 12.3. The fourth-order valence-corrected chi connectivity index (χ4v) is 2.19. The predicted molar refractivity (Wildman–Crippen MR) is 78.8 cm³/mol. The second-order valence-electron chi connectivity index (χ2n) is 5.43. The molecule has 2 N–H and O–H groups in total. The first-order chi connectivity index (χ1) is 9.72. The highest BCUT2D eigenvalue weighted by Gasteiger charge is 2.32. The van der Waals surface area contributed by atoms with Gasteiger partial charge in [0.25, 0.3) is 0 Å². The molecule has 1 atom stereocenters. The molecule has 0 aliphatic heterocycles. The van der Waals surface area contributed by atoms with Gasteiger partial charge in [-0.05, 0) is 44.0 Å². The third kappa shape index (κ3) is 5.12. The highest BCUT2D eigenvalue weighted by atomic mass is 19.4. The average Bonchev–Trinajstić information content (AvgIpc) is 2.45. The van der Waals surface area contributed by atoms with Crippen LogP contribution < -0.4 is 15.4 Å². The van der Waals surface area contributed by atoms with Crippen LogP contribution in [0.15, 0.2) is 24.3 Å². The van der Waals surface area contributed by atoms with Gasteiger partial charge in [-0.25, -0.2) is 0 Å². The average molecular weight is 304 g/mol. The van der Waals surface area contributed by atoms with Crippen molar-refractivity contribution in [3.63, 3.8) is 0 Å². The second-order valence-corrected chi connectivity index (χ2v) is 5.43. The number of ether oxygens (including phenoxy) is 1. The minimum atomic E-state index is -4.12. The third-order valence-electron chi connectivity index (χ3n) is 3.88. The number of methoxy groups -OCH3 is 1. The lowest BCUT2D eigenvalue weighted by atomic mass is 9.92. The van der Waals surface area contributed by atoms with Crippen LogP contribution in [0.3, 0.4) is 0 Å². The topological polar surface area (TPSA) is 38.5 Å². The zero-order chi connectivity index (χ0) is 16.1. The van der Waals surface area contributed by atoms with Crippen LogP contribution in [-0.4, -0.2) is 32.4 Å². The third-order valence-corrected chi connectivity index (χ3v) is 3.88. The quantitative estimate of drug-likeness (QED) is 0.837. The summed E-state index contributed by atoms with van der Waals surface area (Å²) in [6.07, 6.45) is -4.45. The molecule has 0 bridgehead atoms. The summed E-state index contributed by atoms with van der Waals surface area (Å²) in [5.41, 5.74) is 6.19. The number of nitrogens with zero attached hydrogens (tertiary/aromatic N) is 1. The number of alkyl halides is 3. The first kappa shape index (κ1) is 17.6. The molecule has 0 amide bonds. The maximum atomic E-state index is 12.3. The summed E-state index contributed by atoms with van der Waals surface area (Å²) in [5, 5.41) is 0.